The molecule has 0 bridgehead atoms. The fourth-order valence-corrected chi connectivity index (χ4v) is 2.52. The zero-order valence-corrected chi connectivity index (χ0v) is 10.4. The number of nitrogens with one attached hydrogen (secondary N) is 1. The Morgan fingerprint density at radius 3 is 2.72 bits per heavy atom. The van der Waals surface area contributed by atoms with E-state index in [0.29, 0.717) is 11.5 Å². The minimum Gasteiger partial charge on any atom is -0.507 e. The molecule has 0 spiro atoms. The van der Waals surface area contributed by atoms with Crippen molar-refractivity contribution >= 4 is 10.0 Å². The molecule has 0 amide bonds. The third-order valence-electron chi connectivity index (χ3n) is 2.27. The van der Waals surface area contributed by atoms with Crippen LogP contribution in [0.1, 0.15) is 11.5 Å². The molecule has 1 aromatic carbocycles. The summed E-state index contributed by atoms with van der Waals surface area (Å²) in [5, 5.41) is 13.1. The standard InChI is InChI=1S/C11H12N2O4S/c1-8-6-9(17-13-8)7-12-18(15,16)11-5-3-2-4-10(11)14/h2-6,12,14H,7H2,1H3. The zero-order valence-electron chi connectivity index (χ0n) is 9.62. The Hall–Kier alpha value is -1.86. The average molecular weight is 268 g/mol. The average Bonchev–Trinajstić information content (AvgIpc) is 2.73. The Morgan fingerprint density at radius 2 is 2.11 bits per heavy atom. The summed E-state index contributed by atoms with van der Waals surface area (Å²) < 4.78 is 31.0. The van der Waals surface area contributed by atoms with E-state index in [1.54, 1.807) is 19.1 Å². The smallest absolute Gasteiger partial charge is 0.244 e. The van der Waals surface area contributed by atoms with Gasteiger partial charge in [-0.25, -0.2) is 13.1 Å². The van der Waals surface area contributed by atoms with Gasteiger partial charge in [0.05, 0.1) is 12.2 Å². The van der Waals surface area contributed by atoms with Gasteiger partial charge in [-0.3, -0.25) is 0 Å². The molecule has 1 heterocycles. The summed E-state index contributed by atoms with van der Waals surface area (Å²) in [5.41, 5.74) is 0.673. The second kappa shape index (κ2) is 4.79. The van der Waals surface area contributed by atoms with E-state index >= 15 is 0 Å². The maximum Gasteiger partial charge on any atom is 0.244 e. The first-order valence-electron chi connectivity index (χ1n) is 5.19. The molecule has 2 rings (SSSR count). The van der Waals surface area contributed by atoms with Crippen molar-refractivity contribution in [2.24, 2.45) is 0 Å². The lowest BCUT2D eigenvalue weighted by Crippen LogP contribution is -2.23. The normalized spacial score (nSPS) is 11.6. The van der Waals surface area contributed by atoms with E-state index in [4.69, 9.17) is 4.52 Å². The van der Waals surface area contributed by atoms with Crippen LogP contribution < -0.4 is 4.72 Å². The lowest BCUT2D eigenvalue weighted by molar-refractivity contribution is 0.376. The van der Waals surface area contributed by atoms with Gasteiger partial charge >= 0.3 is 0 Å². The van der Waals surface area contributed by atoms with Crippen molar-refractivity contribution in [2.45, 2.75) is 18.4 Å². The molecule has 1 aromatic heterocycles. The van der Waals surface area contributed by atoms with Gasteiger partial charge in [0.15, 0.2) is 5.76 Å². The van der Waals surface area contributed by atoms with Gasteiger partial charge in [-0.05, 0) is 19.1 Å². The van der Waals surface area contributed by atoms with Gasteiger partial charge in [0.2, 0.25) is 10.0 Å². The Kier molecular flexibility index (Phi) is 3.35. The van der Waals surface area contributed by atoms with Crippen molar-refractivity contribution in [3.63, 3.8) is 0 Å². The summed E-state index contributed by atoms with van der Waals surface area (Å²) in [5.74, 6) is 0.116. The molecule has 2 aromatic rings. The maximum absolute atomic E-state index is 11.9. The van der Waals surface area contributed by atoms with Gasteiger partial charge in [0.1, 0.15) is 10.6 Å². The topological polar surface area (TPSA) is 92.4 Å². The highest BCUT2D eigenvalue weighted by Crippen LogP contribution is 2.21. The monoisotopic (exact) mass is 268 g/mol. The predicted octanol–water partition coefficient (Wildman–Crippen LogP) is 1.17. The largest absolute Gasteiger partial charge is 0.507 e. The van der Waals surface area contributed by atoms with Crippen LogP contribution in [0.4, 0.5) is 0 Å². The van der Waals surface area contributed by atoms with E-state index in [1.807, 2.05) is 0 Å². The molecule has 0 atom stereocenters. The lowest BCUT2D eigenvalue weighted by atomic mass is 10.3. The second-order valence-corrected chi connectivity index (χ2v) is 5.46. The third-order valence-corrected chi connectivity index (χ3v) is 3.72. The molecular weight excluding hydrogens is 256 g/mol. The number of phenols is 1. The molecule has 96 valence electrons. The number of hydrogen-bond acceptors (Lipinski definition) is 5. The molecule has 0 radical (unpaired) electrons. The van der Waals surface area contributed by atoms with Crippen molar-refractivity contribution in [2.75, 3.05) is 0 Å². The summed E-state index contributed by atoms with van der Waals surface area (Å²) in [6, 6.07) is 7.35. The van der Waals surface area contributed by atoms with Crippen LogP contribution in [0.15, 0.2) is 39.8 Å². The van der Waals surface area contributed by atoms with Crippen LogP contribution in [0.2, 0.25) is 0 Å². The van der Waals surface area contributed by atoms with Crippen LogP contribution in [0.25, 0.3) is 0 Å². The van der Waals surface area contributed by atoms with Crippen molar-refractivity contribution in [3.8, 4) is 5.75 Å². The molecule has 6 nitrogen and oxygen atoms in total. The first-order valence-corrected chi connectivity index (χ1v) is 6.67. The Bertz CT molecular complexity index is 649. The number of para-hydroxylation sites is 1. The Balaban J connectivity index is 2.16. The van der Waals surface area contributed by atoms with Crippen LogP contribution in [-0.2, 0) is 16.6 Å². The predicted molar refractivity (Wildman–Crippen MR) is 63.4 cm³/mol. The van der Waals surface area contributed by atoms with Gasteiger partial charge < -0.3 is 9.63 Å². The van der Waals surface area contributed by atoms with Crippen LogP contribution in [0, 0.1) is 6.92 Å². The summed E-state index contributed by atoms with van der Waals surface area (Å²) in [6.07, 6.45) is 0. The van der Waals surface area contributed by atoms with Crippen LogP contribution >= 0.6 is 0 Å². The summed E-state index contributed by atoms with van der Waals surface area (Å²) in [4.78, 5) is -0.166. The summed E-state index contributed by atoms with van der Waals surface area (Å²) >= 11 is 0. The highest BCUT2D eigenvalue weighted by Gasteiger charge is 2.18. The number of aromatic nitrogens is 1. The number of rotatable bonds is 4. The number of aryl methyl sites for hydroxylation is 1. The molecular formula is C11H12N2O4S. The first kappa shape index (κ1) is 12.6. The van der Waals surface area contributed by atoms with Gasteiger partial charge in [-0.1, -0.05) is 17.3 Å². The van der Waals surface area contributed by atoms with E-state index in [9.17, 15) is 13.5 Å². The molecule has 0 aliphatic rings. The van der Waals surface area contributed by atoms with Crippen molar-refractivity contribution < 1.29 is 18.0 Å². The van der Waals surface area contributed by atoms with Gasteiger partial charge in [0.25, 0.3) is 0 Å². The number of nitrogens with zero attached hydrogens (tertiary/aromatic N) is 1. The molecule has 0 fully saturated rings. The zero-order chi connectivity index (χ0) is 13.2. The van der Waals surface area contributed by atoms with E-state index < -0.39 is 10.0 Å². The maximum atomic E-state index is 11.9. The van der Waals surface area contributed by atoms with Crippen LogP contribution in [-0.4, -0.2) is 18.7 Å². The molecule has 2 N–H and O–H groups in total. The van der Waals surface area contributed by atoms with Crippen molar-refractivity contribution in [1.82, 2.24) is 9.88 Å². The van der Waals surface area contributed by atoms with E-state index in [1.165, 1.54) is 18.2 Å². The highest BCUT2D eigenvalue weighted by atomic mass is 32.2. The van der Waals surface area contributed by atoms with Crippen LogP contribution in [0.3, 0.4) is 0 Å². The molecule has 0 aliphatic carbocycles. The highest BCUT2D eigenvalue weighted by molar-refractivity contribution is 7.89. The minimum atomic E-state index is -3.77. The molecule has 0 unspecified atom stereocenters. The fourth-order valence-electron chi connectivity index (χ4n) is 1.43. The van der Waals surface area contributed by atoms with Gasteiger partial charge in [-0.2, -0.15) is 0 Å². The van der Waals surface area contributed by atoms with Crippen molar-refractivity contribution in [3.05, 3.63) is 41.8 Å². The second-order valence-electron chi connectivity index (χ2n) is 3.73. The lowest BCUT2D eigenvalue weighted by Gasteiger charge is -2.06. The van der Waals surface area contributed by atoms with E-state index in [-0.39, 0.29) is 17.2 Å². The van der Waals surface area contributed by atoms with Crippen molar-refractivity contribution in [1.29, 1.82) is 0 Å². The molecule has 0 saturated carbocycles. The minimum absolute atomic E-state index is 0.0164. The van der Waals surface area contributed by atoms with E-state index in [0.717, 1.165) is 0 Å². The number of aromatic hydroxyl groups is 1. The molecule has 18 heavy (non-hydrogen) atoms. The van der Waals surface area contributed by atoms with Crippen LogP contribution in [0.5, 0.6) is 5.75 Å². The Morgan fingerprint density at radius 1 is 1.39 bits per heavy atom. The third kappa shape index (κ3) is 2.69. The molecule has 7 heteroatoms. The number of benzene rings is 1. The SMILES string of the molecule is Cc1cc(CNS(=O)(=O)c2ccccc2O)on1. The quantitative estimate of drug-likeness (QED) is 0.868. The van der Waals surface area contributed by atoms with Gasteiger partial charge in [-0.15, -0.1) is 0 Å². The van der Waals surface area contributed by atoms with E-state index in [2.05, 4.69) is 9.88 Å². The number of sulfonamides is 1. The molecule has 0 aliphatic heterocycles. The first-order chi connectivity index (χ1) is 8.49. The fraction of sp³-hybridized carbons (Fsp3) is 0.182. The van der Waals surface area contributed by atoms with Gasteiger partial charge in [0, 0.05) is 6.07 Å². The number of phenolic OH excluding ortho intramolecular Hbond substituents is 1. The molecule has 0 saturated heterocycles. The summed E-state index contributed by atoms with van der Waals surface area (Å²) in [6.45, 7) is 1.72. The summed E-state index contributed by atoms with van der Waals surface area (Å²) in [7, 11) is -3.77. The number of hydrogen-bond donors (Lipinski definition) is 2. The Labute approximate surface area is 104 Å².